The number of rotatable bonds is 6. The Morgan fingerprint density at radius 3 is 2.46 bits per heavy atom. The van der Waals surface area contributed by atoms with Gasteiger partial charge >= 0.3 is 0 Å². The Hall–Kier alpha value is -2.82. The summed E-state index contributed by atoms with van der Waals surface area (Å²) in [6.07, 6.45) is 4.77. The van der Waals surface area contributed by atoms with E-state index in [9.17, 15) is 9.59 Å². The average Bonchev–Trinajstić information content (AvgIpc) is 2.66. The Bertz CT molecular complexity index is 799. The summed E-state index contributed by atoms with van der Waals surface area (Å²) in [4.78, 5) is 23.2. The van der Waals surface area contributed by atoms with Gasteiger partial charge in [-0.05, 0) is 73.6 Å². The fourth-order valence-electron chi connectivity index (χ4n) is 3.24. The van der Waals surface area contributed by atoms with E-state index in [1.54, 1.807) is 24.3 Å². The molecule has 3 rings (SSSR count). The molecule has 0 bridgehead atoms. The zero-order valence-electron chi connectivity index (χ0n) is 15.0. The van der Waals surface area contributed by atoms with Crippen molar-refractivity contribution in [1.29, 1.82) is 0 Å². The zero-order valence-corrected chi connectivity index (χ0v) is 15.0. The molecule has 0 saturated heterocycles. The van der Waals surface area contributed by atoms with Gasteiger partial charge in [-0.1, -0.05) is 18.2 Å². The lowest BCUT2D eigenvalue weighted by atomic mass is 9.89. The third-order valence-corrected chi connectivity index (χ3v) is 4.72. The molecule has 0 saturated carbocycles. The number of aryl methyl sites for hydroxylation is 2. The lowest BCUT2D eigenvalue weighted by Gasteiger charge is -2.20. The van der Waals surface area contributed by atoms with Gasteiger partial charge in [0.1, 0.15) is 5.75 Å². The van der Waals surface area contributed by atoms with Gasteiger partial charge < -0.3 is 15.8 Å². The highest BCUT2D eigenvalue weighted by Gasteiger charge is 2.15. The van der Waals surface area contributed by atoms with Crippen molar-refractivity contribution in [3.63, 3.8) is 0 Å². The van der Waals surface area contributed by atoms with Crippen molar-refractivity contribution in [1.82, 2.24) is 5.32 Å². The molecule has 0 radical (unpaired) electrons. The molecule has 1 atom stereocenters. The van der Waals surface area contributed by atoms with Crippen LogP contribution in [0.25, 0.3) is 0 Å². The fourth-order valence-corrected chi connectivity index (χ4v) is 3.24. The Balaban J connectivity index is 1.62. The second kappa shape index (κ2) is 8.04. The third-order valence-electron chi connectivity index (χ3n) is 4.72. The van der Waals surface area contributed by atoms with Crippen LogP contribution >= 0.6 is 0 Å². The van der Waals surface area contributed by atoms with Crippen molar-refractivity contribution in [2.45, 2.75) is 38.6 Å². The molecule has 2 aromatic carbocycles. The SMILES string of the molecule is C[C@@H](NC(=O)c1ccc(OCC(N)=O)cc1)c1ccc2c(c1)CCCC2. The summed E-state index contributed by atoms with van der Waals surface area (Å²) in [5.74, 6) is -0.176. The molecule has 26 heavy (non-hydrogen) atoms. The molecule has 2 aromatic rings. The molecule has 5 nitrogen and oxygen atoms in total. The van der Waals surface area contributed by atoms with E-state index < -0.39 is 5.91 Å². The number of ether oxygens (including phenoxy) is 1. The van der Waals surface area contributed by atoms with Gasteiger partial charge in [0.2, 0.25) is 0 Å². The number of primary amides is 1. The maximum atomic E-state index is 12.5. The summed E-state index contributed by atoms with van der Waals surface area (Å²) >= 11 is 0. The molecule has 2 amide bonds. The molecular weight excluding hydrogens is 328 g/mol. The number of hydrogen-bond donors (Lipinski definition) is 2. The molecule has 0 fully saturated rings. The molecule has 0 aromatic heterocycles. The van der Waals surface area contributed by atoms with Gasteiger partial charge in [0.15, 0.2) is 6.61 Å². The van der Waals surface area contributed by atoms with Gasteiger partial charge in [0.25, 0.3) is 11.8 Å². The summed E-state index contributed by atoms with van der Waals surface area (Å²) in [6.45, 7) is 1.81. The van der Waals surface area contributed by atoms with Crippen molar-refractivity contribution >= 4 is 11.8 Å². The van der Waals surface area contributed by atoms with E-state index in [0.717, 1.165) is 18.4 Å². The van der Waals surface area contributed by atoms with Crippen LogP contribution in [0, 0.1) is 0 Å². The number of nitrogens with one attached hydrogen (secondary N) is 1. The second-order valence-corrected chi connectivity index (χ2v) is 6.71. The van der Waals surface area contributed by atoms with Crippen LogP contribution in [0.15, 0.2) is 42.5 Å². The number of amides is 2. The Kier molecular flexibility index (Phi) is 5.56. The first-order valence-corrected chi connectivity index (χ1v) is 8.96. The standard InChI is InChI=1S/C21H24N2O3/c1-14(17-7-6-15-4-2-3-5-18(15)12-17)23-21(25)16-8-10-19(11-9-16)26-13-20(22)24/h6-12,14H,2-5,13H2,1H3,(H2,22,24)(H,23,25)/t14-/m1/s1. The predicted molar refractivity (Wildman–Crippen MR) is 100 cm³/mol. The zero-order chi connectivity index (χ0) is 18.5. The van der Waals surface area contributed by atoms with Crippen molar-refractivity contribution in [2.75, 3.05) is 6.61 Å². The average molecular weight is 352 g/mol. The third kappa shape index (κ3) is 4.42. The minimum absolute atomic E-state index is 0.0690. The van der Waals surface area contributed by atoms with Gasteiger partial charge in [0, 0.05) is 5.56 Å². The van der Waals surface area contributed by atoms with E-state index in [-0.39, 0.29) is 18.6 Å². The van der Waals surface area contributed by atoms with E-state index in [0.29, 0.717) is 11.3 Å². The van der Waals surface area contributed by atoms with Gasteiger partial charge in [-0.2, -0.15) is 0 Å². The fraction of sp³-hybridized carbons (Fsp3) is 0.333. The molecule has 0 unspecified atom stereocenters. The number of benzene rings is 2. The summed E-state index contributed by atoms with van der Waals surface area (Å²) < 4.78 is 5.20. The van der Waals surface area contributed by atoms with Gasteiger partial charge in [-0.15, -0.1) is 0 Å². The van der Waals surface area contributed by atoms with Gasteiger partial charge in [0.05, 0.1) is 6.04 Å². The van der Waals surface area contributed by atoms with Crippen molar-refractivity contribution in [2.24, 2.45) is 5.73 Å². The van der Waals surface area contributed by atoms with Crippen LogP contribution in [0.3, 0.4) is 0 Å². The number of carbonyl (C=O) groups excluding carboxylic acids is 2. The van der Waals surface area contributed by atoms with Crippen LogP contribution in [0.4, 0.5) is 0 Å². The quantitative estimate of drug-likeness (QED) is 0.839. The summed E-state index contributed by atoms with van der Waals surface area (Å²) in [5.41, 5.74) is 9.55. The maximum absolute atomic E-state index is 12.5. The van der Waals surface area contributed by atoms with Crippen LogP contribution in [-0.2, 0) is 17.6 Å². The monoisotopic (exact) mass is 352 g/mol. The minimum Gasteiger partial charge on any atom is -0.484 e. The van der Waals surface area contributed by atoms with Crippen molar-refractivity contribution in [3.8, 4) is 5.75 Å². The summed E-state index contributed by atoms with van der Waals surface area (Å²) in [6, 6.07) is 13.1. The predicted octanol–water partition coefficient (Wildman–Crippen LogP) is 2.92. The molecule has 1 aliphatic carbocycles. The van der Waals surface area contributed by atoms with Gasteiger partial charge in [-0.25, -0.2) is 0 Å². The van der Waals surface area contributed by atoms with Crippen molar-refractivity contribution < 1.29 is 14.3 Å². The molecular formula is C21H24N2O3. The number of nitrogens with two attached hydrogens (primary N) is 1. The van der Waals surface area contributed by atoms with Crippen LogP contribution in [0.1, 0.15) is 52.9 Å². The van der Waals surface area contributed by atoms with Crippen LogP contribution in [0.2, 0.25) is 0 Å². The number of hydrogen-bond acceptors (Lipinski definition) is 3. The van der Waals surface area contributed by atoms with Gasteiger partial charge in [-0.3, -0.25) is 9.59 Å². The smallest absolute Gasteiger partial charge is 0.255 e. The normalized spacial score (nSPS) is 14.2. The highest BCUT2D eigenvalue weighted by molar-refractivity contribution is 5.94. The summed E-state index contributed by atoms with van der Waals surface area (Å²) in [7, 11) is 0. The Morgan fingerprint density at radius 1 is 1.08 bits per heavy atom. The lowest BCUT2D eigenvalue weighted by molar-refractivity contribution is -0.119. The minimum atomic E-state index is -0.536. The first kappa shape index (κ1) is 18.0. The highest BCUT2D eigenvalue weighted by atomic mass is 16.5. The number of fused-ring (bicyclic) bond motifs is 1. The number of carbonyl (C=O) groups is 2. The lowest BCUT2D eigenvalue weighted by Crippen LogP contribution is -2.26. The topological polar surface area (TPSA) is 81.4 Å². The first-order valence-electron chi connectivity index (χ1n) is 8.96. The Morgan fingerprint density at radius 2 is 1.77 bits per heavy atom. The molecule has 3 N–H and O–H groups in total. The van der Waals surface area contributed by atoms with E-state index in [1.807, 2.05) is 6.92 Å². The first-order chi connectivity index (χ1) is 12.5. The van der Waals surface area contributed by atoms with E-state index >= 15 is 0 Å². The van der Waals surface area contributed by atoms with E-state index in [1.165, 1.54) is 24.0 Å². The molecule has 1 aliphatic rings. The second-order valence-electron chi connectivity index (χ2n) is 6.71. The van der Waals surface area contributed by atoms with Crippen LogP contribution in [-0.4, -0.2) is 18.4 Å². The van der Waals surface area contributed by atoms with E-state index in [2.05, 4.69) is 23.5 Å². The highest BCUT2D eigenvalue weighted by Crippen LogP contribution is 2.25. The van der Waals surface area contributed by atoms with Crippen LogP contribution in [0.5, 0.6) is 5.75 Å². The largest absolute Gasteiger partial charge is 0.484 e. The Labute approximate surface area is 153 Å². The van der Waals surface area contributed by atoms with Crippen LogP contribution < -0.4 is 15.8 Å². The maximum Gasteiger partial charge on any atom is 0.255 e. The van der Waals surface area contributed by atoms with E-state index in [4.69, 9.17) is 10.5 Å². The molecule has 0 heterocycles. The molecule has 136 valence electrons. The van der Waals surface area contributed by atoms with Crippen molar-refractivity contribution in [3.05, 3.63) is 64.7 Å². The molecule has 5 heteroatoms. The molecule has 0 spiro atoms. The molecule has 0 aliphatic heterocycles. The summed E-state index contributed by atoms with van der Waals surface area (Å²) in [5, 5.41) is 3.04.